The zero-order valence-electron chi connectivity index (χ0n) is 18.0. The smallest absolute Gasteiger partial charge is 0.317 e. The first kappa shape index (κ1) is 19.8. The first-order chi connectivity index (χ1) is 13.4. The lowest BCUT2D eigenvalue weighted by Gasteiger charge is -2.41. The first-order valence-corrected chi connectivity index (χ1v) is 11.2. The maximum atomic E-state index is 12.7. The number of rotatable bonds is 3. The van der Waals surface area contributed by atoms with Gasteiger partial charge >= 0.3 is 6.03 Å². The van der Waals surface area contributed by atoms with Gasteiger partial charge in [0.1, 0.15) is 0 Å². The molecule has 4 rings (SSSR count). The third kappa shape index (κ3) is 4.07. The Balaban J connectivity index is 0.00000240. The van der Waals surface area contributed by atoms with Crippen molar-refractivity contribution in [3.05, 3.63) is 35.4 Å². The Morgan fingerprint density at radius 2 is 1.82 bits per heavy atom. The number of nitrogens with zero attached hydrogens (tertiary/aromatic N) is 2. The van der Waals surface area contributed by atoms with Crippen LogP contribution in [0.4, 0.5) is 4.79 Å². The normalized spacial score (nSPS) is 24.5. The lowest BCUT2D eigenvalue weighted by atomic mass is 9.73. The van der Waals surface area contributed by atoms with Crippen molar-refractivity contribution in [3.8, 4) is 0 Å². The van der Waals surface area contributed by atoms with Crippen molar-refractivity contribution in [2.24, 2.45) is 5.41 Å². The van der Waals surface area contributed by atoms with Crippen LogP contribution in [-0.4, -0.2) is 48.6 Å². The number of hydrogen-bond acceptors (Lipinski definition) is 2. The lowest BCUT2D eigenvalue weighted by Crippen LogP contribution is -2.43. The van der Waals surface area contributed by atoms with Gasteiger partial charge in [-0.05, 0) is 74.7 Å². The molecule has 1 spiro atoms. The minimum absolute atomic E-state index is 0. The van der Waals surface area contributed by atoms with Crippen LogP contribution in [0.15, 0.2) is 24.3 Å². The summed E-state index contributed by atoms with van der Waals surface area (Å²) in [6.45, 7) is 12.4. The highest BCUT2D eigenvalue weighted by molar-refractivity contribution is 5.75. The lowest BCUT2D eigenvalue weighted by molar-refractivity contribution is 0.137. The first-order valence-electron chi connectivity index (χ1n) is 11.2. The summed E-state index contributed by atoms with van der Waals surface area (Å²) in [6.07, 6.45) is 7.03. The quantitative estimate of drug-likeness (QED) is 0.799. The molecule has 2 saturated heterocycles. The Hall–Kier alpha value is -1.55. The number of likely N-dealkylation sites (tertiary alicyclic amines) is 2. The van der Waals surface area contributed by atoms with Gasteiger partial charge in [-0.1, -0.05) is 45.0 Å². The molecule has 2 fully saturated rings. The van der Waals surface area contributed by atoms with Crippen LogP contribution in [0.3, 0.4) is 0 Å². The fourth-order valence-corrected chi connectivity index (χ4v) is 5.36. The number of fused-ring (bicyclic) bond motifs is 2. The van der Waals surface area contributed by atoms with E-state index in [0.29, 0.717) is 5.41 Å². The fraction of sp³-hybridized carbons (Fsp3) is 0.708. The molecular formula is C24H39N3O. The molecule has 1 atom stereocenters. The van der Waals surface area contributed by atoms with E-state index in [2.05, 4.69) is 55.3 Å². The molecule has 4 nitrogen and oxygen atoms in total. The van der Waals surface area contributed by atoms with Crippen LogP contribution in [0, 0.1) is 5.41 Å². The number of hydrogen-bond donors (Lipinski definition) is 1. The highest BCUT2D eigenvalue weighted by atomic mass is 16.2. The average Bonchev–Trinajstić information content (AvgIpc) is 3.29. The van der Waals surface area contributed by atoms with E-state index >= 15 is 0 Å². The van der Waals surface area contributed by atoms with Gasteiger partial charge in [0.25, 0.3) is 0 Å². The molecule has 1 aromatic carbocycles. The van der Waals surface area contributed by atoms with Crippen molar-refractivity contribution in [1.82, 2.24) is 15.1 Å². The number of urea groups is 1. The molecule has 3 aliphatic rings. The molecule has 0 unspecified atom stereocenters. The molecule has 1 aliphatic carbocycles. The number of amides is 2. The minimum atomic E-state index is 0. The highest BCUT2D eigenvalue weighted by Gasteiger charge is 2.45. The summed E-state index contributed by atoms with van der Waals surface area (Å²) in [4.78, 5) is 17.4. The zero-order chi connectivity index (χ0) is 19.8. The Labute approximate surface area is 172 Å². The topological polar surface area (TPSA) is 35.6 Å². The van der Waals surface area contributed by atoms with E-state index in [1.54, 1.807) is 0 Å². The number of carbonyl (C=O) groups excluding carboxylic acids is 1. The molecule has 0 aromatic heterocycles. The Kier molecular flexibility index (Phi) is 5.43. The van der Waals surface area contributed by atoms with Crippen LogP contribution in [0.1, 0.15) is 77.9 Å². The molecule has 2 aliphatic heterocycles. The summed E-state index contributed by atoms with van der Waals surface area (Å²) >= 11 is 0. The van der Waals surface area contributed by atoms with Gasteiger partial charge in [0.15, 0.2) is 0 Å². The molecule has 2 heterocycles. The molecule has 28 heavy (non-hydrogen) atoms. The van der Waals surface area contributed by atoms with Crippen molar-refractivity contribution in [3.63, 3.8) is 0 Å². The van der Waals surface area contributed by atoms with Crippen LogP contribution < -0.4 is 5.32 Å². The van der Waals surface area contributed by atoms with Gasteiger partial charge in [0.05, 0.1) is 6.04 Å². The molecule has 0 bridgehead atoms. The van der Waals surface area contributed by atoms with Crippen LogP contribution in [-0.2, 0) is 5.41 Å². The van der Waals surface area contributed by atoms with Crippen molar-refractivity contribution in [2.45, 2.75) is 70.8 Å². The monoisotopic (exact) mass is 385 g/mol. The number of piperidine rings is 1. The predicted molar refractivity (Wildman–Crippen MR) is 117 cm³/mol. The van der Waals surface area contributed by atoms with Gasteiger partial charge < -0.3 is 15.1 Å². The van der Waals surface area contributed by atoms with E-state index in [1.807, 2.05) is 4.90 Å². The summed E-state index contributed by atoms with van der Waals surface area (Å²) in [6, 6.07) is 9.18. The average molecular weight is 386 g/mol. The standard InChI is InChI=1S/C24H37N3O.H2/c1-23(2,3)10-15-26-16-11-24(12-17-26)18-21(19-8-4-5-9-20(19)24)25-22(28)27-13-6-7-14-27;/h4-5,8-9,21H,6-7,10-18H2,1-3H3,(H,25,28);1H/t21-;/m0./s1. The Bertz CT molecular complexity index is 700. The predicted octanol–water partition coefficient (Wildman–Crippen LogP) is 4.95. The molecule has 156 valence electrons. The van der Waals surface area contributed by atoms with Crippen LogP contribution in [0.2, 0.25) is 0 Å². The van der Waals surface area contributed by atoms with Crippen molar-refractivity contribution in [1.29, 1.82) is 0 Å². The molecule has 1 N–H and O–H groups in total. The Morgan fingerprint density at radius 1 is 1.14 bits per heavy atom. The van der Waals surface area contributed by atoms with Gasteiger partial charge in [0.2, 0.25) is 0 Å². The van der Waals surface area contributed by atoms with Crippen LogP contribution in [0.25, 0.3) is 0 Å². The maximum absolute atomic E-state index is 12.7. The number of nitrogens with one attached hydrogen (secondary N) is 1. The number of benzene rings is 1. The summed E-state index contributed by atoms with van der Waals surface area (Å²) < 4.78 is 0. The van der Waals surface area contributed by atoms with Gasteiger partial charge in [-0.2, -0.15) is 0 Å². The second kappa shape index (κ2) is 7.70. The third-order valence-electron chi connectivity index (χ3n) is 7.18. The van der Waals surface area contributed by atoms with E-state index in [0.717, 1.165) is 32.4 Å². The van der Waals surface area contributed by atoms with Gasteiger partial charge in [0, 0.05) is 19.9 Å². The SMILES string of the molecule is CC(C)(C)CCN1CCC2(CC1)C[C@H](NC(=O)N1CCCC1)c1ccccc12.[HH]. The molecular weight excluding hydrogens is 346 g/mol. The van der Waals surface area contributed by atoms with Gasteiger partial charge in [-0.3, -0.25) is 0 Å². The maximum Gasteiger partial charge on any atom is 0.317 e. The van der Waals surface area contributed by atoms with E-state index < -0.39 is 0 Å². The van der Waals surface area contributed by atoms with Crippen LogP contribution in [0.5, 0.6) is 0 Å². The summed E-state index contributed by atoms with van der Waals surface area (Å²) in [7, 11) is 0. The second-order valence-electron chi connectivity index (χ2n) is 10.4. The number of carbonyl (C=O) groups is 1. The van der Waals surface area contributed by atoms with E-state index in [1.165, 1.54) is 50.0 Å². The van der Waals surface area contributed by atoms with Crippen LogP contribution >= 0.6 is 0 Å². The summed E-state index contributed by atoms with van der Waals surface area (Å²) in [5.74, 6) is 0. The van der Waals surface area contributed by atoms with Gasteiger partial charge in [-0.25, -0.2) is 4.79 Å². The van der Waals surface area contributed by atoms with Crippen molar-refractivity contribution >= 4 is 6.03 Å². The van der Waals surface area contributed by atoms with Gasteiger partial charge in [-0.15, -0.1) is 0 Å². The van der Waals surface area contributed by atoms with E-state index in [9.17, 15) is 4.79 Å². The van der Waals surface area contributed by atoms with Crippen molar-refractivity contribution in [2.75, 3.05) is 32.7 Å². The summed E-state index contributed by atoms with van der Waals surface area (Å²) in [5, 5.41) is 3.38. The summed E-state index contributed by atoms with van der Waals surface area (Å²) in [5.41, 5.74) is 3.51. The molecule has 1 aromatic rings. The molecule has 2 amide bonds. The van der Waals surface area contributed by atoms with Crippen molar-refractivity contribution < 1.29 is 6.22 Å². The third-order valence-corrected chi connectivity index (χ3v) is 7.18. The second-order valence-corrected chi connectivity index (χ2v) is 10.4. The highest BCUT2D eigenvalue weighted by Crippen LogP contribution is 2.50. The minimum Gasteiger partial charge on any atom is -0.331 e. The van der Waals surface area contributed by atoms with E-state index in [4.69, 9.17) is 0 Å². The fourth-order valence-electron chi connectivity index (χ4n) is 5.36. The van der Waals surface area contributed by atoms with E-state index in [-0.39, 0.29) is 18.9 Å². The Morgan fingerprint density at radius 3 is 2.50 bits per heavy atom. The zero-order valence-corrected chi connectivity index (χ0v) is 18.0. The molecule has 0 radical (unpaired) electrons. The largest absolute Gasteiger partial charge is 0.331 e. The molecule has 4 heteroatoms. The molecule has 0 saturated carbocycles.